The molecule has 1 aliphatic rings. The van der Waals surface area contributed by atoms with E-state index < -0.39 is 11.9 Å². The Morgan fingerprint density at radius 2 is 1.50 bits per heavy atom. The van der Waals surface area contributed by atoms with Gasteiger partial charge in [0.15, 0.2) is 0 Å². The minimum absolute atomic E-state index is 0.396. The fourth-order valence-electron chi connectivity index (χ4n) is 2.64. The first-order valence-electron chi connectivity index (χ1n) is 7.20. The number of methoxy groups -OCH3 is 1. The molecule has 4 heteroatoms. The minimum atomic E-state index is -0.436. The van der Waals surface area contributed by atoms with Gasteiger partial charge in [0, 0.05) is 0 Å². The van der Waals surface area contributed by atoms with Crippen LogP contribution in [-0.2, 0) is 17.6 Å². The van der Waals surface area contributed by atoms with Gasteiger partial charge in [-0.25, -0.2) is 9.59 Å². The summed E-state index contributed by atoms with van der Waals surface area (Å²) < 4.78 is 10.0. The maximum atomic E-state index is 12.1. The van der Waals surface area contributed by atoms with Gasteiger partial charge >= 0.3 is 11.9 Å². The van der Waals surface area contributed by atoms with Gasteiger partial charge in [0.1, 0.15) is 5.75 Å². The van der Waals surface area contributed by atoms with Gasteiger partial charge in [-0.15, -0.1) is 0 Å². The van der Waals surface area contributed by atoms with Crippen molar-refractivity contribution in [2.45, 2.75) is 19.3 Å². The van der Waals surface area contributed by atoms with E-state index in [1.165, 1.54) is 18.2 Å². The summed E-state index contributed by atoms with van der Waals surface area (Å²) in [5.74, 6) is -0.310. The number of hydrogen-bond donors (Lipinski definition) is 0. The highest BCUT2D eigenvalue weighted by molar-refractivity contribution is 5.94. The molecule has 2 aromatic carbocycles. The van der Waals surface area contributed by atoms with Crippen LogP contribution in [-0.4, -0.2) is 19.0 Å². The summed E-state index contributed by atoms with van der Waals surface area (Å²) in [4.78, 5) is 23.5. The van der Waals surface area contributed by atoms with E-state index in [0.717, 1.165) is 19.3 Å². The largest absolute Gasteiger partial charge is 0.465 e. The molecular weight excluding hydrogens is 280 g/mol. The third-order valence-electron chi connectivity index (χ3n) is 3.82. The molecule has 3 rings (SSSR count). The van der Waals surface area contributed by atoms with Crippen LogP contribution in [0.2, 0.25) is 0 Å². The van der Waals surface area contributed by atoms with Crippen LogP contribution in [0, 0.1) is 0 Å². The van der Waals surface area contributed by atoms with Gasteiger partial charge in [0.25, 0.3) is 0 Å². The third kappa shape index (κ3) is 2.86. The lowest BCUT2D eigenvalue weighted by molar-refractivity contribution is 0.0599. The second-order valence-corrected chi connectivity index (χ2v) is 5.24. The number of carbonyl (C=O) groups is 2. The second-order valence-electron chi connectivity index (χ2n) is 5.24. The fraction of sp³-hybridized carbons (Fsp3) is 0.222. The number of rotatable bonds is 3. The van der Waals surface area contributed by atoms with Crippen molar-refractivity contribution in [3.8, 4) is 5.75 Å². The van der Waals surface area contributed by atoms with Crippen LogP contribution in [0.15, 0.2) is 42.5 Å². The fourth-order valence-corrected chi connectivity index (χ4v) is 2.64. The molecule has 0 spiro atoms. The number of esters is 2. The molecule has 112 valence electrons. The summed E-state index contributed by atoms with van der Waals surface area (Å²) in [5.41, 5.74) is 3.39. The highest BCUT2D eigenvalue weighted by Crippen LogP contribution is 2.26. The van der Waals surface area contributed by atoms with Crippen molar-refractivity contribution in [1.82, 2.24) is 0 Å². The Balaban J connectivity index is 1.73. The van der Waals surface area contributed by atoms with Crippen molar-refractivity contribution in [3.63, 3.8) is 0 Å². The molecule has 0 aromatic heterocycles. The SMILES string of the molecule is COC(=O)c1ccc(C(=O)Oc2ccc3c(c2)CCC3)cc1. The lowest BCUT2D eigenvalue weighted by atomic mass is 10.1. The number of carbonyl (C=O) groups excluding carboxylic acids is 2. The molecule has 0 radical (unpaired) electrons. The van der Waals surface area contributed by atoms with Gasteiger partial charge in [-0.1, -0.05) is 6.07 Å². The average molecular weight is 296 g/mol. The molecule has 0 bridgehead atoms. The van der Waals surface area contributed by atoms with Crippen LogP contribution in [0.3, 0.4) is 0 Å². The van der Waals surface area contributed by atoms with Crippen LogP contribution >= 0.6 is 0 Å². The quantitative estimate of drug-likeness (QED) is 0.645. The summed E-state index contributed by atoms with van der Waals surface area (Å²) in [7, 11) is 1.32. The maximum Gasteiger partial charge on any atom is 0.343 e. The zero-order valence-corrected chi connectivity index (χ0v) is 12.3. The van der Waals surface area contributed by atoms with Gasteiger partial charge < -0.3 is 9.47 Å². The molecular formula is C18H16O4. The zero-order valence-electron chi connectivity index (χ0n) is 12.3. The summed E-state index contributed by atoms with van der Waals surface area (Å²) in [6, 6.07) is 12.0. The summed E-state index contributed by atoms with van der Waals surface area (Å²) in [5, 5.41) is 0. The molecule has 0 aliphatic heterocycles. The highest BCUT2D eigenvalue weighted by Gasteiger charge is 2.14. The minimum Gasteiger partial charge on any atom is -0.465 e. The monoisotopic (exact) mass is 296 g/mol. The normalized spacial score (nSPS) is 12.6. The van der Waals surface area contributed by atoms with Crippen LogP contribution in [0.1, 0.15) is 38.3 Å². The van der Waals surface area contributed by atoms with Crippen molar-refractivity contribution < 1.29 is 19.1 Å². The predicted octanol–water partition coefficient (Wildman–Crippen LogP) is 3.18. The van der Waals surface area contributed by atoms with E-state index in [0.29, 0.717) is 16.9 Å². The van der Waals surface area contributed by atoms with Crippen LogP contribution in [0.4, 0.5) is 0 Å². The Labute approximate surface area is 128 Å². The van der Waals surface area contributed by atoms with Gasteiger partial charge in [0.05, 0.1) is 18.2 Å². The Bertz CT molecular complexity index is 716. The van der Waals surface area contributed by atoms with Gasteiger partial charge in [0.2, 0.25) is 0 Å². The molecule has 0 saturated carbocycles. The molecule has 1 aliphatic carbocycles. The molecule has 0 saturated heterocycles. The third-order valence-corrected chi connectivity index (χ3v) is 3.82. The lowest BCUT2D eigenvalue weighted by Crippen LogP contribution is -2.09. The number of aryl methyl sites for hydroxylation is 2. The van der Waals surface area contributed by atoms with Crippen molar-refractivity contribution in [1.29, 1.82) is 0 Å². The number of fused-ring (bicyclic) bond motifs is 1. The standard InChI is InChI=1S/C18H16O4/c1-21-17(19)13-5-7-14(8-6-13)18(20)22-16-10-9-12-3-2-4-15(12)11-16/h5-11H,2-4H2,1H3. The van der Waals surface area contributed by atoms with Gasteiger partial charge in [-0.05, 0) is 66.8 Å². The van der Waals surface area contributed by atoms with Crippen molar-refractivity contribution in [3.05, 3.63) is 64.7 Å². The predicted molar refractivity (Wildman–Crippen MR) is 81.2 cm³/mol. The molecule has 2 aromatic rings. The molecule has 0 amide bonds. The molecule has 22 heavy (non-hydrogen) atoms. The van der Waals surface area contributed by atoms with E-state index in [4.69, 9.17) is 4.74 Å². The lowest BCUT2D eigenvalue weighted by Gasteiger charge is -2.07. The summed E-state index contributed by atoms with van der Waals surface area (Å²) in [6.45, 7) is 0. The zero-order chi connectivity index (χ0) is 15.5. The first-order chi connectivity index (χ1) is 10.7. The van der Waals surface area contributed by atoms with Crippen molar-refractivity contribution in [2.75, 3.05) is 7.11 Å². The van der Waals surface area contributed by atoms with E-state index in [1.807, 2.05) is 18.2 Å². The van der Waals surface area contributed by atoms with Crippen LogP contribution < -0.4 is 4.74 Å². The first-order valence-corrected chi connectivity index (χ1v) is 7.20. The van der Waals surface area contributed by atoms with E-state index in [-0.39, 0.29) is 0 Å². The molecule has 4 nitrogen and oxygen atoms in total. The molecule has 0 atom stereocenters. The Hall–Kier alpha value is -2.62. The molecule has 0 N–H and O–H groups in total. The van der Waals surface area contributed by atoms with E-state index in [1.54, 1.807) is 24.3 Å². The smallest absolute Gasteiger partial charge is 0.343 e. The summed E-state index contributed by atoms with van der Waals surface area (Å²) in [6.07, 6.45) is 3.29. The number of benzene rings is 2. The van der Waals surface area contributed by atoms with E-state index >= 15 is 0 Å². The molecule has 0 heterocycles. The Kier molecular flexibility index (Phi) is 3.92. The van der Waals surface area contributed by atoms with Crippen LogP contribution in [0.5, 0.6) is 5.75 Å². The van der Waals surface area contributed by atoms with Gasteiger partial charge in [-0.3, -0.25) is 0 Å². The number of hydrogen-bond acceptors (Lipinski definition) is 4. The first kappa shape index (κ1) is 14.3. The van der Waals surface area contributed by atoms with E-state index in [9.17, 15) is 9.59 Å². The number of ether oxygens (including phenoxy) is 2. The molecule has 0 fully saturated rings. The van der Waals surface area contributed by atoms with E-state index in [2.05, 4.69) is 4.74 Å². The van der Waals surface area contributed by atoms with Crippen molar-refractivity contribution in [2.24, 2.45) is 0 Å². The highest BCUT2D eigenvalue weighted by atomic mass is 16.5. The van der Waals surface area contributed by atoms with Crippen molar-refractivity contribution >= 4 is 11.9 Å². The average Bonchev–Trinajstić information content (AvgIpc) is 3.02. The van der Waals surface area contributed by atoms with Gasteiger partial charge in [-0.2, -0.15) is 0 Å². The summed E-state index contributed by atoms with van der Waals surface area (Å²) >= 11 is 0. The second kappa shape index (κ2) is 6.02. The molecule has 0 unspecified atom stereocenters. The Morgan fingerprint density at radius 1 is 0.864 bits per heavy atom. The van der Waals surface area contributed by atoms with Crippen LogP contribution in [0.25, 0.3) is 0 Å². The maximum absolute atomic E-state index is 12.1. The Morgan fingerprint density at radius 3 is 2.18 bits per heavy atom. The topological polar surface area (TPSA) is 52.6 Å².